The summed E-state index contributed by atoms with van der Waals surface area (Å²) in [5.41, 5.74) is 0.846. The molecule has 0 unspecified atom stereocenters. The summed E-state index contributed by atoms with van der Waals surface area (Å²) < 4.78 is 0. The Balaban J connectivity index is 3.04. The maximum absolute atomic E-state index is 10.7. The summed E-state index contributed by atoms with van der Waals surface area (Å²) in [4.78, 5) is 20.8. The quantitative estimate of drug-likeness (QED) is 0.600. The van der Waals surface area contributed by atoms with Crippen LogP contribution in [0.3, 0.4) is 0 Å². The third kappa shape index (κ3) is 2.69. The minimum absolute atomic E-state index is 0.117. The van der Waals surface area contributed by atoms with Crippen molar-refractivity contribution >= 4 is 17.3 Å². The molecule has 0 bridgehead atoms. The number of aliphatic carboxylic acids is 1. The average molecular weight is 224 g/mol. The zero-order valence-electron chi connectivity index (χ0n) is 8.93. The van der Waals surface area contributed by atoms with Gasteiger partial charge in [-0.2, -0.15) is 0 Å². The molecule has 0 spiro atoms. The summed E-state index contributed by atoms with van der Waals surface area (Å²) in [6, 6.07) is 3.72. The van der Waals surface area contributed by atoms with Crippen molar-refractivity contribution in [2.24, 2.45) is 0 Å². The first-order chi connectivity index (χ1) is 7.41. The Morgan fingerprint density at radius 3 is 2.69 bits per heavy atom. The third-order valence-corrected chi connectivity index (χ3v) is 2.09. The number of hydrogen-bond acceptors (Lipinski definition) is 4. The molecule has 0 aromatic heterocycles. The van der Waals surface area contributed by atoms with Crippen LogP contribution in [0.15, 0.2) is 18.2 Å². The first-order valence-electron chi connectivity index (χ1n) is 4.66. The highest BCUT2D eigenvalue weighted by atomic mass is 16.6. The van der Waals surface area contributed by atoms with Crippen molar-refractivity contribution in [3.05, 3.63) is 33.9 Å². The molecule has 0 aliphatic heterocycles. The van der Waals surface area contributed by atoms with Gasteiger partial charge in [-0.25, -0.2) is 0 Å². The molecule has 1 aromatic rings. The van der Waals surface area contributed by atoms with Gasteiger partial charge in [-0.3, -0.25) is 14.9 Å². The van der Waals surface area contributed by atoms with E-state index in [9.17, 15) is 14.9 Å². The number of benzene rings is 1. The first-order valence-corrected chi connectivity index (χ1v) is 4.66. The van der Waals surface area contributed by atoms with E-state index >= 15 is 0 Å². The Kier molecular flexibility index (Phi) is 3.44. The fourth-order valence-corrected chi connectivity index (χ4v) is 1.21. The van der Waals surface area contributed by atoms with Gasteiger partial charge in [-0.15, -0.1) is 0 Å². The van der Waals surface area contributed by atoms with Gasteiger partial charge in [0.15, 0.2) is 0 Å². The normalized spacial score (nSPS) is 11.9. The van der Waals surface area contributed by atoms with E-state index in [1.165, 1.54) is 19.1 Å². The van der Waals surface area contributed by atoms with Crippen molar-refractivity contribution in [1.29, 1.82) is 0 Å². The van der Waals surface area contributed by atoms with E-state index < -0.39 is 16.9 Å². The Bertz CT molecular complexity index is 431. The molecule has 86 valence electrons. The number of carbonyl (C=O) groups is 1. The number of rotatable bonds is 4. The molecule has 1 rings (SSSR count). The summed E-state index contributed by atoms with van der Waals surface area (Å²) in [6.45, 7) is 3.16. The molecule has 0 fully saturated rings. The number of carboxylic acid groups (broad SMARTS) is 1. The minimum Gasteiger partial charge on any atom is -0.480 e. The number of nitro groups is 1. The smallest absolute Gasteiger partial charge is 0.325 e. The number of nitrogens with zero attached hydrogens (tertiary/aromatic N) is 1. The molecule has 1 atom stereocenters. The summed E-state index contributed by atoms with van der Waals surface area (Å²) in [7, 11) is 0. The van der Waals surface area contributed by atoms with Gasteiger partial charge in [-0.05, 0) is 25.5 Å². The maximum Gasteiger partial charge on any atom is 0.325 e. The second-order valence-corrected chi connectivity index (χ2v) is 3.48. The minimum atomic E-state index is -1.06. The molecular formula is C10H12N2O4. The molecular weight excluding hydrogens is 212 g/mol. The van der Waals surface area contributed by atoms with Crippen LogP contribution in [0, 0.1) is 17.0 Å². The fourth-order valence-electron chi connectivity index (χ4n) is 1.21. The Morgan fingerprint density at radius 1 is 1.56 bits per heavy atom. The lowest BCUT2D eigenvalue weighted by Crippen LogP contribution is -2.25. The van der Waals surface area contributed by atoms with Crippen molar-refractivity contribution in [2.45, 2.75) is 19.9 Å². The molecule has 2 N–H and O–H groups in total. The van der Waals surface area contributed by atoms with E-state index in [0.29, 0.717) is 0 Å². The number of anilines is 1. The molecule has 0 aliphatic carbocycles. The van der Waals surface area contributed by atoms with Crippen LogP contribution in [0.4, 0.5) is 11.4 Å². The molecule has 0 heterocycles. The largest absolute Gasteiger partial charge is 0.480 e. The second kappa shape index (κ2) is 4.61. The van der Waals surface area contributed by atoms with Crippen molar-refractivity contribution < 1.29 is 14.8 Å². The summed E-state index contributed by atoms with van der Waals surface area (Å²) in [5.74, 6) is -1.06. The van der Waals surface area contributed by atoms with Crippen LogP contribution in [0.25, 0.3) is 0 Å². The summed E-state index contributed by atoms with van der Waals surface area (Å²) in [6.07, 6.45) is 0. The Morgan fingerprint density at radius 2 is 2.19 bits per heavy atom. The van der Waals surface area contributed by atoms with Gasteiger partial charge >= 0.3 is 5.97 Å². The predicted octanol–water partition coefficient (Wildman–Crippen LogP) is 1.79. The lowest BCUT2D eigenvalue weighted by molar-refractivity contribution is -0.384. The van der Waals surface area contributed by atoms with Gasteiger partial charge in [0.25, 0.3) is 5.69 Å². The lowest BCUT2D eigenvalue weighted by atomic mass is 10.2. The SMILES string of the molecule is Cc1ccc(N[C@H](C)C(=O)O)c([N+](=O)[O-])c1. The zero-order valence-corrected chi connectivity index (χ0v) is 8.93. The van der Waals surface area contributed by atoms with E-state index in [4.69, 9.17) is 5.11 Å². The van der Waals surface area contributed by atoms with Gasteiger partial charge < -0.3 is 10.4 Å². The molecule has 0 saturated heterocycles. The Hall–Kier alpha value is -2.11. The van der Waals surface area contributed by atoms with E-state index in [2.05, 4.69) is 5.32 Å². The fraction of sp³-hybridized carbons (Fsp3) is 0.300. The zero-order chi connectivity index (χ0) is 12.3. The molecule has 16 heavy (non-hydrogen) atoms. The van der Waals surface area contributed by atoms with Crippen LogP contribution < -0.4 is 5.32 Å². The highest BCUT2D eigenvalue weighted by Crippen LogP contribution is 2.25. The number of hydrogen-bond donors (Lipinski definition) is 2. The van der Waals surface area contributed by atoms with Gasteiger partial charge in [-0.1, -0.05) is 6.07 Å². The number of aryl methyl sites for hydroxylation is 1. The van der Waals surface area contributed by atoms with Crippen LogP contribution in [0.2, 0.25) is 0 Å². The maximum atomic E-state index is 10.7. The first kappa shape index (κ1) is 12.0. The number of nitro benzene ring substituents is 1. The second-order valence-electron chi connectivity index (χ2n) is 3.48. The molecule has 0 radical (unpaired) electrons. The van der Waals surface area contributed by atoms with Gasteiger partial charge in [0.1, 0.15) is 11.7 Å². The van der Waals surface area contributed by atoms with Crippen LogP contribution in [-0.2, 0) is 4.79 Å². The molecule has 6 heteroatoms. The van der Waals surface area contributed by atoms with Crippen LogP contribution in [0.1, 0.15) is 12.5 Å². The lowest BCUT2D eigenvalue weighted by Gasteiger charge is -2.11. The summed E-state index contributed by atoms with van der Waals surface area (Å²) >= 11 is 0. The monoisotopic (exact) mass is 224 g/mol. The summed E-state index contributed by atoms with van der Waals surface area (Å²) in [5, 5.41) is 22.0. The number of carboxylic acids is 1. The van der Waals surface area contributed by atoms with Crippen molar-refractivity contribution in [1.82, 2.24) is 0 Å². The molecule has 1 aromatic carbocycles. The van der Waals surface area contributed by atoms with Crippen LogP contribution in [-0.4, -0.2) is 22.0 Å². The average Bonchev–Trinajstić information content (AvgIpc) is 2.20. The molecule has 0 aliphatic rings. The Labute approximate surface area is 92.0 Å². The van der Waals surface area contributed by atoms with E-state index in [1.807, 2.05) is 0 Å². The molecule has 6 nitrogen and oxygen atoms in total. The van der Waals surface area contributed by atoms with Crippen LogP contribution >= 0.6 is 0 Å². The van der Waals surface area contributed by atoms with E-state index in [1.54, 1.807) is 13.0 Å². The predicted molar refractivity (Wildman–Crippen MR) is 58.6 cm³/mol. The standard InChI is InChI=1S/C10H12N2O4/c1-6-3-4-8(9(5-6)12(15)16)11-7(2)10(13)14/h3-5,7,11H,1-2H3,(H,13,14)/t7-/m1/s1. The highest BCUT2D eigenvalue weighted by molar-refractivity contribution is 5.78. The topological polar surface area (TPSA) is 92.5 Å². The molecule has 0 saturated carbocycles. The van der Waals surface area contributed by atoms with Gasteiger partial charge in [0.05, 0.1) is 4.92 Å². The number of nitrogens with one attached hydrogen (secondary N) is 1. The highest BCUT2D eigenvalue weighted by Gasteiger charge is 2.18. The van der Waals surface area contributed by atoms with Crippen molar-refractivity contribution in [2.75, 3.05) is 5.32 Å². The van der Waals surface area contributed by atoms with E-state index in [0.717, 1.165) is 5.56 Å². The van der Waals surface area contributed by atoms with Crippen molar-refractivity contribution in [3.8, 4) is 0 Å². The van der Waals surface area contributed by atoms with E-state index in [-0.39, 0.29) is 11.4 Å². The van der Waals surface area contributed by atoms with Gasteiger partial charge in [0.2, 0.25) is 0 Å². The van der Waals surface area contributed by atoms with Gasteiger partial charge in [0, 0.05) is 6.07 Å². The van der Waals surface area contributed by atoms with Crippen LogP contribution in [0.5, 0.6) is 0 Å². The third-order valence-electron chi connectivity index (χ3n) is 2.09. The molecule has 0 amide bonds. The van der Waals surface area contributed by atoms with Crippen molar-refractivity contribution in [3.63, 3.8) is 0 Å².